The van der Waals surface area contributed by atoms with Crippen LogP contribution in [0.5, 0.6) is 5.75 Å². The first-order chi connectivity index (χ1) is 15.6. The van der Waals surface area contributed by atoms with Crippen molar-refractivity contribution in [3.63, 3.8) is 0 Å². The number of piperidine rings is 1. The van der Waals surface area contributed by atoms with Gasteiger partial charge < -0.3 is 14.4 Å². The summed E-state index contributed by atoms with van der Waals surface area (Å²) in [4.78, 5) is 22.5. The summed E-state index contributed by atoms with van der Waals surface area (Å²) in [6, 6.07) is 13.9. The molecule has 172 valence electrons. The zero-order valence-corrected chi connectivity index (χ0v) is 19.3. The van der Waals surface area contributed by atoms with Crippen molar-refractivity contribution in [2.45, 2.75) is 57.7 Å². The molecule has 0 spiro atoms. The van der Waals surface area contributed by atoms with Gasteiger partial charge in [0.15, 0.2) is 0 Å². The van der Waals surface area contributed by atoms with Crippen LogP contribution in [0, 0.1) is 6.92 Å². The second kappa shape index (κ2) is 10.9. The van der Waals surface area contributed by atoms with Crippen LogP contribution >= 0.6 is 0 Å². The van der Waals surface area contributed by atoms with Gasteiger partial charge in [0, 0.05) is 38.0 Å². The van der Waals surface area contributed by atoms with E-state index in [1.54, 1.807) is 7.11 Å². The number of benzene rings is 1. The molecule has 0 unspecified atom stereocenters. The molecule has 1 saturated heterocycles. The predicted molar refractivity (Wildman–Crippen MR) is 125 cm³/mol. The van der Waals surface area contributed by atoms with Gasteiger partial charge in [0.05, 0.1) is 17.8 Å². The van der Waals surface area contributed by atoms with Crippen LogP contribution in [0.4, 0.5) is 0 Å². The smallest absolute Gasteiger partial charge is 0.254 e. The summed E-state index contributed by atoms with van der Waals surface area (Å²) in [5.41, 5.74) is 2.84. The van der Waals surface area contributed by atoms with Crippen LogP contribution < -0.4 is 4.74 Å². The Labute approximate surface area is 191 Å². The third kappa shape index (κ3) is 5.67. The van der Waals surface area contributed by atoms with Gasteiger partial charge in [-0.05, 0) is 69.5 Å². The summed E-state index contributed by atoms with van der Waals surface area (Å²) < 4.78 is 11.9. The molecule has 1 aromatic carbocycles. The first-order valence-corrected chi connectivity index (χ1v) is 11.9. The van der Waals surface area contributed by atoms with Crippen LogP contribution in [0.3, 0.4) is 0 Å². The third-order valence-corrected chi connectivity index (χ3v) is 6.59. The molecular weight excluding hydrogens is 402 g/mol. The van der Waals surface area contributed by atoms with E-state index in [9.17, 15) is 4.79 Å². The van der Waals surface area contributed by atoms with Crippen LogP contribution in [0.15, 0.2) is 42.5 Å². The predicted octanol–water partition coefficient (Wildman–Crippen LogP) is 4.07. The molecule has 6 heteroatoms. The molecule has 0 N–H and O–H groups in total. The molecule has 1 amide bonds. The van der Waals surface area contributed by atoms with Crippen molar-refractivity contribution in [2.75, 3.05) is 33.4 Å². The van der Waals surface area contributed by atoms with E-state index in [1.165, 1.54) is 0 Å². The zero-order chi connectivity index (χ0) is 22.3. The van der Waals surface area contributed by atoms with E-state index in [2.05, 4.69) is 22.0 Å². The van der Waals surface area contributed by atoms with E-state index in [4.69, 9.17) is 9.47 Å². The Morgan fingerprint density at radius 1 is 1.06 bits per heavy atom. The largest absolute Gasteiger partial charge is 0.492 e. The summed E-state index contributed by atoms with van der Waals surface area (Å²) in [7, 11) is 1.77. The van der Waals surface area contributed by atoms with Gasteiger partial charge in [0.1, 0.15) is 12.4 Å². The zero-order valence-electron chi connectivity index (χ0n) is 19.3. The van der Waals surface area contributed by atoms with Crippen molar-refractivity contribution in [1.29, 1.82) is 0 Å². The highest BCUT2D eigenvalue weighted by Gasteiger charge is 2.34. The molecule has 0 radical (unpaired) electrons. The molecule has 2 aliphatic heterocycles. The van der Waals surface area contributed by atoms with E-state index in [-0.39, 0.29) is 18.1 Å². The molecule has 0 aliphatic carbocycles. The van der Waals surface area contributed by atoms with Crippen LogP contribution in [0.25, 0.3) is 0 Å². The van der Waals surface area contributed by atoms with Gasteiger partial charge in [-0.25, -0.2) is 0 Å². The number of pyridine rings is 1. The molecule has 1 aromatic heterocycles. The number of amides is 1. The monoisotopic (exact) mass is 437 g/mol. The van der Waals surface area contributed by atoms with Gasteiger partial charge in [-0.2, -0.15) is 0 Å². The molecule has 2 aromatic rings. The van der Waals surface area contributed by atoms with Crippen LogP contribution in [0.1, 0.15) is 53.8 Å². The van der Waals surface area contributed by atoms with Gasteiger partial charge in [-0.3, -0.25) is 14.7 Å². The number of aromatic nitrogens is 1. The van der Waals surface area contributed by atoms with E-state index in [0.717, 1.165) is 75.4 Å². The van der Waals surface area contributed by atoms with Crippen molar-refractivity contribution in [1.82, 2.24) is 14.8 Å². The fraction of sp³-hybridized carbons (Fsp3) is 0.538. The third-order valence-electron chi connectivity index (χ3n) is 6.59. The highest BCUT2D eigenvalue weighted by molar-refractivity contribution is 5.95. The minimum absolute atomic E-state index is 0.0893. The number of rotatable bonds is 3. The lowest BCUT2D eigenvalue weighted by Gasteiger charge is -2.41. The SMILES string of the molecule is CO[C@@H]1CCCN2C(=O)c3cccc(c3)OCCN(Cc3cccc(C)n3)CCCC[C@H]12. The van der Waals surface area contributed by atoms with Crippen molar-refractivity contribution >= 4 is 5.91 Å². The van der Waals surface area contributed by atoms with E-state index >= 15 is 0 Å². The highest BCUT2D eigenvalue weighted by Crippen LogP contribution is 2.27. The standard InChI is InChI=1S/C26H35N3O3/c1-20-8-5-10-22(27-20)19-28-14-4-3-12-24-25(31-2)13-7-15-29(24)26(30)21-9-6-11-23(18-21)32-17-16-28/h5-6,8-11,18,24-25H,3-4,7,12-17,19H2,1-2H3/t24-,25-/m1/s1. The van der Waals surface area contributed by atoms with Gasteiger partial charge in [-0.1, -0.05) is 18.6 Å². The first kappa shape index (κ1) is 22.7. The van der Waals surface area contributed by atoms with Gasteiger partial charge in [-0.15, -0.1) is 0 Å². The topological polar surface area (TPSA) is 54.9 Å². The lowest BCUT2D eigenvalue weighted by molar-refractivity contribution is -0.0156. The maximum Gasteiger partial charge on any atom is 0.254 e. The number of aryl methyl sites for hydroxylation is 1. The first-order valence-electron chi connectivity index (χ1n) is 11.9. The molecule has 1 fully saturated rings. The Bertz CT molecular complexity index is 903. The molecule has 2 atom stereocenters. The van der Waals surface area contributed by atoms with Gasteiger partial charge >= 0.3 is 0 Å². The van der Waals surface area contributed by atoms with Crippen molar-refractivity contribution in [2.24, 2.45) is 0 Å². The average molecular weight is 438 g/mol. The fourth-order valence-electron chi connectivity index (χ4n) is 4.94. The van der Waals surface area contributed by atoms with Crippen molar-refractivity contribution < 1.29 is 14.3 Å². The van der Waals surface area contributed by atoms with E-state index < -0.39 is 0 Å². The van der Waals surface area contributed by atoms with Crippen LogP contribution in [0.2, 0.25) is 0 Å². The molecule has 6 nitrogen and oxygen atoms in total. The fourth-order valence-corrected chi connectivity index (χ4v) is 4.94. The molecule has 0 saturated carbocycles. The second-order valence-corrected chi connectivity index (χ2v) is 8.90. The van der Waals surface area contributed by atoms with Crippen LogP contribution in [-0.2, 0) is 11.3 Å². The summed E-state index contributed by atoms with van der Waals surface area (Å²) in [5, 5.41) is 0. The maximum absolute atomic E-state index is 13.4. The quantitative estimate of drug-likeness (QED) is 0.724. The number of hydrogen-bond donors (Lipinski definition) is 0. The molecular formula is C26H35N3O3. The number of carbonyl (C=O) groups is 1. The average Bonchev–Trinajstić information content (AvgIpc) is 2.80. The maximum atomic E-state index is 13.4. The van der Waals surface area contributed by atoms with Gasteiger partial charge in [0.25, 0.3) is 5.91 Å². The molecule has 2 bridgehead atoms. The Hall–Kier alpha value is -2.44. The Morgan fingerprint density at radius 3 is 2.78 bits per heavy atom. The number of fused-ring (bicyclic) bond motifs is 3. The minimum atomic E-state index is 0.0893. The molecule has 2 aliphatic rings. The highest BCUT2D eigenvalue weighted by atomic mass is 16.5. The summed E-state index contributed by atoms with van der Waals surface area (Å²) >= 11 is 0. The Balaban J connectivity index is 1.53. The summed E-state index contributed by atoms with van der Waals surface area (Å²) in [5.74, 6) is 0.838. The normalized spacial score (nSPS) is 23.2. The molecule has 32 heavy (non-hydrogen) atoms. The molecule has 3 heterocycles. The number of nitrogens with zero attached hydrogens (tertiary/aromatic N) is 3. The Morgan fingerprint density at radius 2 is 1.94 bits per heavy atom. The van der Waals surface area contributed by atoms with Crippen LogP contribution in [-0.4, -0.2) is 66.2 Å². The van der Waals surface area contributed by atoms with E-state index in [1.807, 2.05) is 42.2 Å². The number of ether oxygens (including phenoxy) is 2. The molecule has 4 rings (SSSR count). The number of carbonyl (C=O) groups excluding carboxylic acids is 1. The van der Waals surface area contributed by atoms with E-state index in [0.29, 0.717) is 12.2 Å². The summed E-state index contributed by atoms with van der Waals surface area (Å²) in [6.07, 6.45) is 5.20. The number of hydrogen-bond acceptors (Lipinski definition) is 5. The lowest BCUT2D eigenvalue weighted by atomic mass is 9.93. The van der Waals surface area contributed by atoms with Crippen molar-refractivity contribution in [3.8, 4) is 5.75 Å². The number of methoxy groups -OCH3 is 1. The lowest BCUT2D eigenvalue weighted by Crippen LogP contribution is -2.51. The van der Waals surface area contributed by atoms with Crippen molar-refractivity contribution in [3.05, 3.63) is 59.4 Å². The minimum Gasteiger partial charge on any atom is -0.492 e. The Kier molecular flexibility index (Phi) is 7.76. The second-order valence-electron chi connectivity index (χ2n) is 8.90. The summed E-state index contributed by atoms with van der Waals surface area (Å²) in [6.45, 7) is 6.04. The van der Waals surface area contributed by atoms with Gasteiger partial charge in [0.2, 0.25) is 0 Å².